The van der Waals surface area contributed by atoms with Crippen molar-refractivity contribution in [2.75, 3.05) is 14.1 Å². The molecule has 3 aromatic rings. The molecule has 2 aromatic carbocycles. The molecule has 0 bridgehead atoms. The Bertz CT molecular complexity index is 957. The van der Waals surface area contributed by atoms with Gasteiger partial charge in [-0.15, -0.1) is 10.2 Å². The van der Waals surface area contributed by atoms with Gasteiger partial charge >= 0.3 is 0 Å². The van der Waals surface area contributed by atoms with Crippen LogP contribution >= 0.6 is 0 Å². The number of aryl methyl sites for hydroxylation is 1. The van der Waals surface area contributed by atoms with E-state index in [1.807, 2.05) is 57.4 Å². The molecule has 1 heterocycles. The first kappa shape index (κ1) is 16.9. The predicted molar refractivity (Wildman–Crippen MR) is 96.4 cm³/mol. The lowest BCUT2D eigenvalue weighted by Crippen LogP contribution is -3.04. The van der Waals surface area contributed by atoms with E-state index in [2.05, 4.69) is 10.2 Å². The highest BCUT2D eigenvalue weighted by Gasteiger charge is 2.18. The van der Waals surface area contributed by atoms with Gasteiger partial charge in [0.15, 0.2) is 12.4 Å². The van der Waals surface area contributed by atoms with Crippen molar-refractivity contribution in [3.05, 3.63) is 59.7 Å². The summed E-state index contributed by atoms with van der Waals surface area (Å²) in [7, 11) is 3.99. The molecule has 0 atom stereocenters. The maximum absolute atomic E-state index is 12.3. The zero-order valence-electron chi connectivity index (χ0n) is 14.5. The van der Waals surface area contributed by atoms with Crippen LogP contribution in [0.2, 0.25) is 0 Å². The molecule has 0 aliphatic carbocycles. The van der Waals surface area contributed by atoms with Crippen molar-refractivity contribution in [3.8, 4) is 5.88 Å². The highest BCUT2D eigenvalue weighted by molar-refractivity contribution is 5.98. The Kier molecular flexibility index (Phi) is 4.63. The molecule has 0 unspecified atom stereocenters. The number of aromatic hydroxyl groups is 1. The van der Waals surface area contributed by atoms with Gasteiger partial charge in [-0.25, -0.2) is 0 Å². The Labute approximate surface area is 146 Å². The lowest BCUT2D eigenvalue weighted by atomic mass is 10.1. The number of nitrogens with one attached hydrogen (secondary N) is 1. The Morgan fingerprint density at radius 3 is 2.52 bits per heavy atom. The summed E-state index contributed by atoms with van der Waals surface area (Å²) in [6.07, 6.45) is 0. The number of azo groups is 1. The van der Waals surface area contributed by atoms with Gasteiger partial charge in [-0.1, -0.05) is 36.4 Å². The second-order valence-corrected chi connectivity index (χ2v) is 6.30. The number of carbonyl (C=O) groups excluding carboxylic acids is 1. The summed E-state index contributed by atoms with van der Waals surface area (Å²) < 4.78 is 1.78. The lowest BCUT2D eigenvalue weighted by molar-refractivity contribution is -0.882. The van der Waals surface area contributed by atoms with E-state index in [-0.39, 0.29) is 5.88 Å². The van der Waals surface area contributed by atoms with E-state index < -0.39 is 5.91 Å². The first-order valence-electron chi connectivity index (χ1n) is 8.10. The third-order valence-corrected chi connectivity index (χ3v) is 4.01. The number of carbonyl (C=O) groups is 1. The van der Waals surface area contributed by atoms with Gasteiger partial charge in [0.05, 0.1) is 19.6 Å². The molecule has 0 saturated heterocycles. The number of quaternary nitrogens is 1. The normalized spacial score (nSPS) is 11.7. The fourth-order valence-electron chi connectivity index (χ4n) is 2.81. The molecule has 0 radical (unpaired) electrons. The molecule has 2 N–H and O–H groups in total. The van der Waals surface area contributed by atoms with Gasteiger partial charge in [0.2, 0.25) is 5.88 Å². The molecule has 1 aromatic heterocycles. The van der Waals surface area contributed by atoms with Crippen LogP contribution in [0, 0.1) is 6.92 Å². The van der Waals surface area contributed by atoms with Crippen LogP contribution in [0.15, 0.2) is 58.8 Å². The van der Waals surface area contributed by atoms with Crippen molar-refractivity contribution in [1.29, 1.82) is 0 Å². The number of fused-ring (bicyclic) bond motifs is 1. The molecule has 0 saturated carbocycles. The summed E-state index contributed by atoms with van der Waals surface area (Å²) in [6, 6.07) is 14.8. The summed E-state index contributed by atoms with van der Waals surface area (Å²) in [6.45, 7) is 2.43. The average molecular weight is 337 g/mol. The van der Waals surface area contributed by atoms with Crippen molar-refractivity contribution >= 4 is 22.5 Å². The van der Waals surface area contributed by atoms with Gasteiger partial charge in [-0.2, -0.15) is 0 Å². The van der Waals surface area contributed by atoms with Crippen molar-refractivity contribution in [1.82, 2.24) is 4.57 Å². The third-order valence-electron chi connectivity index (χ3n) is 4.01. The van der Waals surface area contributed by atoms with Crippen molar-refractivity contribution in [3.63, 3.8) is 0 Å². The first-order chi connectivity index (χ1) is 12.0. The molecule has 0 aliphatic rings. The third kappa shape index (κ3) is 3.29. The molecule has 1 amide bonds. The molecule has 3 rings (SSSR count). The average Bonchev–Trinajstić information content (AvgIpc) is 2.85. The fourth-order valence-corrected chi connectivity index (χ4v) is 2.81. The molecular formula is C19H21N4O2+. The van der Waals surface area contributed by atoms with E-state index in [0.717, 1.165) is 21.4 Å². The van der Waals surface area contributed by atoms with Crippen LogP contribution < -0.4 is 4.90 Å². The molecular weight excluding hydrogens is 316 g/mol. The molecule has 6 nitrogen and oxygen atoms in total. The van der Waals surface area contributed by atoms with E-state index in [0.29, 0.717) is 17.9 Å². The van der Waals surface area contributed by atoms with E-state index in [4.69, 9.17) is 0 Å². The van der Waals surface area contributed by atoms with Crippen LogP contribution in [0.5, 0.6) is 5.88 Å². The number of nitrogens with zero attached hydrogens (tertiary/aromatic N) is 3. The zero-order valence-corrected chi connectivity index (χ0v) is 14.5. The Balaban J connectivity index is 2.03. The van der Waals surface area contributed by atoms with Gasteiger partial charge < -0.3 is 10.0 Å². The highest BCUT2D eigenvalue weighted by atomic mass is 16.3. The van der Waals surface area contributed by atoms with E-state index in [9.17, 15) is 9.90 Å². The zero-order chi connectivity index (χ0) is 18.0. The topological polar surface area (TPSA) is 71.4 Å². The summed E-state index contributed by atoms with van der Waals surface area (Å²) in [5, 5.41) is 19.3. The highest BCUT2D eigenvalue weighted by Crippen LogP contribution is 2.38. The second kappa shape index (κ2) is 6.86. The Morgan fingerprint density at radius 1 is 1.12 bits per heavy atom. The molecule has 128 valence electrons. The molecule has 0 spiro atoms. The maximum atomic E-state index is 12.3. The maximum Gasteiger partial charge on any atom is 0.295 e. The van der Waals surface area contributed by atoms with Gasteiger partial charge in [-0.05, 0) is 24.6 Å². The van der Waals surface area contributed by atoms with Gasteiger partial charge in [0.25, 0.3) is 5.91 Å². The van der Waals surface area contributed by atoms with E-state index >= 15 is 0 Å². The van der Waals surface area contributed by atoms with Crippen molar-refractivity contribution < 1.29 is 14.8 Å². The number of hydrogen-bond donors (Lipinski definition) is 2. The van der Waals surface area contributed by atoms with Crippen LogP contribution in [0.3, 0.4) is 0 Å². The minimum absolute atomic E-state index is 0.0173. The lowest BCUT2D eigenvalue weighted by Gasteiger charge is -2.10. The first-order valence-corrected chi connectivity index (χ1v) is 8.10. The Morgan fingerprint density at radius 2 is 1.80 bits per heavy atom. The fraction of sp³-hybridized carbons (Fsp3) is 0.211. The number of amides is 1. The van der Waals surface area contributed by atoms with E-state index in [1.165, 1.54) is 0 Å². The standard InChI is InChI=1S/C19H20N4O2/c1-13-8-4-5-9-14(13)18(24)21-20-17-15-10-6-7-11-16(15)23(19(17)25)12-22(2)3/h4-11,25H,12H2,1-3H3/p+1. The molecule has 0 fully saturated rings. The number of benzene rings is 2. The van der Waals surface area contributed by atoms with Crippen LogP contribution in [0.4, 0.5) is 5.69 Å². The number of hydrogen-bond acceptors (Lipinski definition) is 3. The minimum Gasteiger partial charge on any atom is -0.493 e. The number of rotatable bonds is 4. The number of para-hydroxylation sites is 1. The van der Waals surface area contributed by atoms with Crippen LogP contribution in [0.1, 0.15) is 15.9 Å². The second-order valence-electron chi connectivity index (χ2n) is 6.30. The van der Waals surface area contributed by atoms with Gasteiger partial charge in [-0.3, -0.25) is 9.36 Å². The Hall–Kier alpha value is -2.99. The SMILES string of the molecule is Cc1ccccc1C(=O)N=Nc1c(O)n(C[NH+](C)C)c2ccccc12. The summed E-state index contributed by atoms with van der Waals surface area (Å²) in [5.74, 6) is -0.406. The summed E-state index contributed by atoms with van der Waals surface area (Å²) in [4.78, 5) is 13.5. The van der Waals surface area contributed by atoms with Crippen LogP contribution in [-0.2, 0) is 6.67 Å². The number of aromatic nitrogens is 1. The van der Waals surface area contributed by atoms with Crippen molar-refractivity contribution in [2.45, 2.75) is 13.6 Å². The smallest absolute Gasteiger partial charge is 0.295 e. The summed E-state index contributed by atoms with van der Waals surface area (Å²) in [5.41, 5.74) is 2.53. The molecule has 25 heavy (non-hydrogen) atoms. The molecule has 6 heteroatoms. The largest absolute Gasteiger partial charge is 0.493 e. The van der Waals surface area contributed by atoms with Crippen molar-refractivity contribution in [2.24, 2.45) is 10.2 Å². The molecule has 0 aliphatic heterocycles. The van der Waals surface area contributed by atoms with Crippen LogP contribution in [0.25, 0.3) is 10.9 Å². The minimum atomic E-state index is -0.424. The predicted octanol–water partition coefficient (Wildman–Crippen LogP) is 2.68. The van der Waals surface area contributed by atoms with E-state index in [1.54, 1.807) is 16.7 Å². The van der Waals surface area contributed by atoms with Crippen LogP contribution in [-0.4, -0.2) is 29.7 Å². The quantitative estimate of drug-likeness (QED) is 0.719. The summed E-state index contributed by atoms with van der Waals surface area (Å²) >= 11 is 0. The van der Waals surface area contributed by atoms with Gasteiger partial charge in [0, 0.05) is 10.9 Å². The monoisotopic (exact) mass is 337 g/mol. The van der Waals surface area contributed by atoms with Gasteiger partial charge in [0.1, 0.15) is 0 Å².